The van der Waals surface area contributed by atoms with Gasteiger partial charge in [-0.25, -0.2) is 13.2 Å². The Morgan fingerprint density at radius 2 is 1.38 bits per heavy atom. The standard InChI is InChI=1S/C21H18F3N3O4S/c1-13-2-5-17(12-19(13)32(30,31)27-16-8-10-18(28)11-9-16)26-20(29)25-15-6-3-14(4-7-15)21(22,23)24/h2-12,27-28H,1H3,(H2,25,26,29). The molecule has 11 heteroatoms. The number of phenols is 1. The normalized spacial score (nSPS) is 11.6. The summed E-state index contributed by atoms with van der Waals surface area (Å²) in [6.07, 6.45) is -4.49. The van der Waals surface area contributed by atoms with E-state index in [1.54, 1.807) is 6.92 Å². The number of carbonyl (C=O) groups excluding carboxylic acids is 1. The Bertz CT molecular complexity index is 1230. The Morgan fingerprint density at radius 1 is 0.844 bits per heavy atom. The van der Waals surface area contributed by atoms with E-state index in [4.69, 9.17) is 0 Å². The largest absolute Gasteiger partial charge is 0.508 e. The van der Waals surface area contributed by atoms with E-state index in [-0.39, 0.29) is 27.7 Å². The second-order valence-electron chi connectivity index (χ2n) is 6.79. The van der Waals surface area contributed by atoms with E-state index in [9.17, 15) is 31.5 Å². The maximum atomic E-state index is 12.8. The van der Waals surface area contributed by atoms with Crippen LogP contribution in [0, 0.1) is 6.92 Å². The lowest BCUT2D eigenvalue weighted by Gasteiger charge is -2.13. The van der Waals surface area contributed by atoms with Crippen molar-refractivity contribution in [2.45, 2.75) is 18.0 Å². The van der Waals surface area contributed by atoms with Gasteiger partial charge in [0.25, 0.3) is 10.0 Å². The molecular formula is C21H18F3N3O4S. The van der Waals surface area contributed by atoms with Gasteiger partial charge in [-0.1, -0.05) is 6.07 Å². The van der Waals surface area contributed by atoms with Crippen molar-refractivity contribution in [2.24, 2.45) is 0 Å². The van der Waals surface area contributed by atoms with E-state index >= 15 is 0 Å². The Balaban J connectivity index is 1.73. The van der Waals surface area contributed by atoms with Crippen LogP contribution >= 0.6 is 0 Å². The van der Waals surface area contributed by atoms with Crippen molar-refractivity contribution < 1.29 is 31.5 Å². The van der Waals surface area contributed by atoms with Crippen LogP contribution in [0.25, 0.3) is 0 Å². The molecule has 3 rings (SSSR count). The first-order valence-electron chi connectivity index (χ1n) is 9.12. The molecule has 0 radical (unpaired) electrons. The minimum absolute atomic E-state index is 0.0191. The van der Waals surface area contributed by atoms with Gasteiger partial charge in [-0.3, -0.25) is 4.72 Å². The molecule has 0 aliphatic heterocycles. The highest BCUT2D eigenvalue weighted by atomic mass is 32.2. The summed E-state index contributed by atoms with van der Waals surface area (Å²) < 4.78 is 65.8. The second-order valence-corrected chi connectivity index (χ2v) is 8.44. The molecular weight excluding hydrogens is 447 g/mol. The number of anilines is 3. The monoisotopic (exact) mass is 465 g/mol. The summed E-state index contributed by atoms with van der Waals surface area (Å²) in [5.41, 5.74) is 0.0964. The molecule has 0 atom stereocenters. The average Bonchev–Trinajstić information content (AvgIpc) is 2.70. The number of amides is 2. The fourth-order valence-electron chi connectivity index (χ4n) is 2.74. The maximum absolute atomic E-state index is 12.8. The van der Waals surface area contributed by atoms with Crippen molar-refractivity contribution in [3.8, 4) is 5.75 Å². The highest BCUT2D eigenvalue weighted by Crippen LogP contribution is 2.30. The zero-order valence-electron chi connectivity index (χ0n) is 16.6. The van der Waals surface area contributed by atoms with Gasteiger partial charge in [-0.05, 0) is 73.2 Å². The van der Waals surface area contributed by atoms with Gasteiger partial charge in [0, 0.05) is 17.1 Å². The first-order valence-corrected chi connectivity index (χ1v) is 10.6. The lowest BCUT2D eigenvalue weighted by Crippen LogP contribution is -2.20. The molecule has 0 fully saturated rings. The Morgan fingerprint density at radius 3 is 1.97 bits per heavy atom. The first kappa shape index (κ1) is 22.9. The van der Waals surface area contributed by atoms with Crippen LogP contribution in [-0.2, 0) is 16.2 Å². The molecule has 0 aliphatic rings. The maximum Gasteiger partial charge on any atom is 0.416 e. The number of alkyl halides is 3. The minimum Gasteiger partial charge on any atom is -0.508 e. The molecule has 0 aliphatic carbocycles. The van der Waals surface area contributed by atoms with Crippen LogP contribution in [0.4, 0.5) is 35.0 Å². The highest BCUT2D eigenvalue weighted by molar-refractivity contribution is 7.92. The number of phenolic OH excluding ortho intramolecular Hbond substituents is 1. The third-order valence-corrected chi connectivity index (χ3v) is 5.85. The number of hydrogen-bond acceptors (Lipinski definition) is 4. The topological polar surface area (TPSA) is 108 Å². The van der Waals surface area contributed by atoms with Crippen molar-refractivity contribution in [1.29, 1.82) is 0 Å². The van der Waals surface area contributed by atoms with Gasteiger partial charge in [-0.15, -0.1) is 0 Å². The van der Waals surface area contributed by atoms with Gasteiger partial charge >= 0.3 is 12.2 Å². The van der Waals surface area contributed by atoms with E-state index in [1.165, 1.54) is 42.5 Å². The molecule has 4 N–H and O–H groups in total. The predicted octanol–water partition coefficient (Wildman–Crippen LogP) is 5.16. The number of nitrogens with one attached hydrogen (secondary N) is 3. The van der Waals surface area contributed by atoms with Gasteiger partial charge < -0.3 is 15.7 Å². The predicted molar refractivity (Wildman–Crippen MR) is 114 cm³/mol. The van der Waals surface area contributed by atoms with Crippen molar-refractivity contribution in [1.82, 2.24) is 0 Å². The molecule has 0 heterocycles. The van der Waals surface area contributed by atoms with E-state index in [2.05, 4.69) is 15.4 Å². The fourth-order valence-corrected chi connectivity index (χ4v) is 4.07. The van der Waals surface area contributed by atoms with Crippen LogP contribution in [0.5, 0.6) is 5.75 Å². The molecule has 0 saturated carbocycles. The summed E-state index contributed by atoms with van der Waals surface area (Å²) >= 11 is 0. The third kappa shape index (κ3) is 5.70. The fraction of sp³-hybridized carbons (Fsp3) is 0.0952. The lowest BCUT2D eigenvalue weighted by atomic mass is 10.2. The number of aromatic hydroxyl groups is 1. The number of urea groups is 1. The van der Waals surface area contributed by atoms with Crippen molar-refractivity contribution in [2.75, 3.05) is 15.4 Å². The quantitative estimate of drug-likeness (QED) is 0.390. The van der Waals surface area contributed by atoms with Gasteiger partial charge in [0.1, 0.15) is 5.75 Å². The van der Waals surface area contributed by atoms with Crippen molar-refractivity contribution >= 4 is 33.1 Å². The number of aryl methyl sites for hydroxylation is 1. The SMILES string of the molecule is Cc1ccc(NC(=O)Nc2ccc(C(F)(F)F)cc2)cc1S(=O)(=O)Nc1ccc(O)cc1. The summed E-state index contributed by atoms with van der Waals surface area (Å²) in [6, 6.07) is 12.8. The summed E-state index contributed by atoms with van der Waals surface area (Å²) in [5.74, 6) is -0.0191. The Kier molecular flexibility index (Phi) is 6.30. The molecule has 0 unspecified atom stereocenters. The van der Waals surface area contributed by atoms with Gasteiger partial charge in [-0.2, -0.15) is 13.2 Å². The minimum atomic E-state index is -4.49. The van der Waals surface area contributed by atoms with E-state index in [0.717, 1.165) is 24.3 Å². The molecule has 0 saturated heterocycles. The van der Waals surface area contributed by atoms with E-state index in [1.807, 2.05) is 0 Å². The Labute approximate surface area is 182 Å². The first-order chi connectivity index (χ1) is 14.9. The summed E-state index contributed by atoms with van der Waals surface area (Å²) in [5, 5.41) is 14.1. The van der Waals surface area contributed by atoms with Crippen molar-refractivity contribution in [3.63, 3.8) is 0 Å². The van der Waals surface area contributed by atoms with Gasteiger partial charge in [0.05, 0.1) is 10.5 Å². The molecule has 0 aromatic heterocycles. The summed E-state index contributed by atoms with van der Waals surface area (Å²) in [4.78, 5) is 12.1. The second kappa shape index (κ2) is 8.79. The molecule has 3 aromatic rings. The Hall–Kier alpha value is -3.73. The number of benzene rings is 3. The zero-order valence-corrected chi connectivity index (χ0v) is 17.4. The summed E-state index contributed by atoms with van der Waals surface area (Å²) in [7, 11) is -4.00. The number of rotatable bonds is 5. The molecule has 168 valence electrons. The number of sulfonamides is 1. The summed E-state index contributed by atoms with van der Waals surface area (Å²) in [6.45, 7) is 1.58. The molecule has 2 amide bonds. The van der Waals surface area contributed by atoms with Crippen LogP contribution in [-0.4, -0.2) is 19.6 Å². The average molecular weight is 465 g/mol. The van der Waals surface area contributed by atoms with Crippen LogP contribution < -0.4 is 15.4 Å². The van der Waals surface area contributed by atoms with Crippen LogP contribution in [0.1, 0.15) is 11.1 Å². The van der Waals surface area contributed by atoms with Crippen LogP contribution in [0.2, 0.25) is 0 Å². The number of hydrogen-bond donors (Lipinski definition) is 4. The third-order valence-electron chi connectivity index (χ3n) is 4.33. The van der Waals surface area contributed by atoms with Gasteiger partial charge in [0.15, 0.2) is 0 Å². The highest BCUT2D eigenvalue weighted by Gasteiger charge is 2.30. The molecule has 0 bridgehead atoms. The molecule has 3 aromatic carbocycles. The zero-order chi connectivity index (χ0) is 23.5. The van der Waals surface area contributed by atoms with Crippen LogP contribution in [0.3, 0.4) is 0 Å². The molecule has 7 nitrogen and oxygen atoms in total. The number of halogens is 3. The molecule has 32 heavy (non-hydrogen) atoms. The van der Waals surface area contributed by atoms with Crippen LogP contribution in [0.15, 0.2) is 71.6 Å². The molecule has 0 spiro atoms. The lowest BCUT2D eigenvalue weighted by molar-refractivity contribution is -0.137. The van der Waals surface area contributed by atoms with E-state index < -0.39 is 27.8 Å². The van der Waals surface area contributed by atoms with Gasteiger partial charge in [0.2, 0.25) is 0 Å². The number of carbonyl (C=O) groups is 1. The smallest absolute Gasteiger partial charge is 0.416 e. The van der Waals surface area contributed by atoms with Crippen molar-refractivity contribution in [3.05, 3.63) is 77.9 Å². The van der Waals surface area contributed by atoms with E-state index in [0.29, 0.717) is 5.56 Å².